The Hall–Kier alpha value is -1.29. The molecule has 4 heteroatoms. The van der Waals surface area contributed by atoms with E-state index in [9.17, 15) is 0 Å². The largest absolute Gasteiger partial charge is 0.496 e. The van der Waals surface area contributed by atoms with Gasteiger partial charge in [0.2, 0.25) is 0 Å². The molecule has 1 N–H and O–H groups in total. The molecule has 2 rings (SSSR count). The fourth-order valence-electron chi connectivity index (χ4n) is 2.00. The van der Waals surface area contributed by atoms with E-state index in [1.165, 1.54) is 5.56 Å². The number of aryl methyl sites for hydroxylation is 1. The molecule has 1 heterocycles. The van der Waals surface area contributed by atoms with E-state index in [4.69, 9.17) is 4.74 Å². The standard InChI is InChI=1S/C15H19BrN2O/c1-9-17-13(14(16)18-9)11-8-10(15(2,3)4)6-7-12(11)19-5/h6-8H,1-5H3,(H,17,18). The van der Waals surface area contributed by atoms with Crippen LogP contribution >= 0.6 is 15.9 Å². The average molecular weight is 323 g/mol. The van der Waals surface area contributed by atoms with Crippen molar-refractivity contribution in [2.75, 3.05) is 7.11 Å². The Morgan fingerprint density at radius 1 is 1.26 bits per heavy atom. The molecule has 0 fully saturated rings. The smallest absolute Gasteiger partial charge is 0.128 e. The predicted molar refractivity (Wildman–Crippen MR) is 81.7 cm³/mol. The van der Waals surface area contributed by atoms with Gasteiger partial charge in [0.25, 0.3) is 0 Å². The summed E-state index contributed by atoms with van der Waals surface area (Å²) in [4.78, 5) is 7.70. The normalized spacial score (nSPS) is 11.7. The molecular formula is C15H19BrN2O. The number of nitrogens with one attached hydrogen (secondary N) is 1. The van der Waals surface area contributed by atoms with Crippen LogP contribution in [0, 0.1) is 6.92 Å². The number of ether oxygens (including phenoxy) is 1. The maximum Gasteiger partial charge on any atom is 0.128 e. The molecule has 0 saturated heterocycles. The highest BCUT2D eigenvalue weighted by atomic mass is 79.9. The highest BCUT2D eigenvalue weighted by Gasteiger charge is 2.19. The number of hydrogen-bond acceptors (Lipinski definition) is 2. The molecule has 2 aromatic rings. The van der Waals surface area contributed by atoms with Crippen LogP contribution in [0.2, 0.25) is 0 Å². The summed E-state index contributed by atoms with van der Waals surface area (Å²) in [5.74, 6) is 1.71. The lowest BCUT2D eigenvalue weighted by Crippen LogP contribution is -2.11. The van der Waals surface area contributed by atoms with E-state index in [2.05, 4.69) is 58.8 Å². The Morgan fingerprint density at radius 3 is 2.42 bits per heavy atom. The minimum absolute atomic E-state index is 0.0961. The van der Waals surface area contributed by atoms with Crippen LogP contribution in [0.4, 0.5) is 0 Å². The van der Waals surface area contributed by atoms with Crippen molar-refractivity contribution in [3.63, 3.8) is 0 Å². The Balaban J connectivity index is 2.63. The van der Waals surface area contributed by atoms with Gasteiger partial charge in [-0.15, -0.1) is 0 Å². The Morgan fingerprint density at radius 2 is 1.95 bits per heavy atom. The van der Waals surface area contributed by atoms with Gasteiger partial charge in [-0.1, -0.05) is 26.8 Å². The Bertz CT molecular complexity index is 597. The van der Waals surface area contributed by atoms with E-state index in [-0.39, 0.29) is 5.41 Å². The van der Waals surface area contributed by atoms with Gasteiger partial charge >= 0.3 is 0 Å². The number of hydrogen-bond donors (Lipinski definition) is 1. The quantitative estimate of drug-likeness (QED) is 0.886. The van der Waals surface area contributed by atoms with Crippen LogP contribution in [0.3, 0.4) is 0 Å². The third kappa shape index (κ3) is 2.84. The van der Waals surface area contributed by atoms with Gasteiger partial charge in [0.05, 0.1) is 7.11 Å². The van der Waals surface area contributed by atoms with Crippen LogP contribution in [0.5, 0.6) is 5.75 Å². The first kappa shape index (κ1) is 14.1. The molecule has 0 spiro atoms. The van der Waals surface area contributed by atoms with Crippen molar-refractivity contribution >= 4 is 15.9 Å². The highest BCUT2D eigenvalue weighted by molar-refractivity contribution is 9.10. The van der Waals surface area contributed by atoms with Crippen molar-refractivity contribution in [3.8, 4) is 17.0 Å². The first-order chi connectivity index (χ1) is 8.82. The van der Waals surface area contributed by atoms with Gasteiger partial charge in [-0.25, -0.2) is 4.98 Å². The number of imidazole rings is 1. The number of aromatic amines is 1. The second-order valence-electron chi connectivity index (χ2n) is 5.65. The Kier molecular flexibility index (Phi) is 3.72. The maximum atomic E-state index is 5.46. The summed E-state index contributed by atoms with van der Waals surface area (Å²) in [7, 11) is 1.68. The molecule has 0 saturated carbocycles. The topological polar surface area (TPSA) is 37.9 Å². The zero-order valence-electron chi connectivity index (χ0n) is 12.0. The number of benzene rings is 1. The van der Waals surface area contributed by atoms with Crippen LogP contribution in [0.25, 0.3) is 11.3 Å². The van der Waals surface area contributed by atoms with Crippen molar-refractivity contribution in [1.29, 1.82) is 0 Å². The fourth-order valence-corrected chi connectivity index (χ4v) is 2.59. The molecule has 19 heavy (non-hydrogen) atoms. The van der Waals surface area contributed by atoms with Crippen molar-refractivity contribution in [3.05, 3.63) is 34.2 Å². The Labute approximate surface area is 122 Å². The lowest BCUT2D eigenvalue weighted by Gasteiger charge is -2.20. The first-order valence-corrected chi connectivity index (χ1v) is 7.03. The van der Waals surface area contributed by atoms with E-state index in [1.807, 2.05) is 13.0 Å². The van der Waals surface area contributed by atoms with Gasteiger partial charge in [0.1, 0.15) is 21.9 Å². The van der Waals surface area contributed by atoms with Crippen molar-refractivity contribution < 1.29 is 4.74 Å². The average Bonchev–Trinajstić information content (AvgIpc) is 2.66. The van der Waals surface area contributed by atoms with Crippen LogP contribution in [-0.4, -0.2) is 17.1 Å². The third-order valence-corrected chi connectivity index (χ3v) is 3.67. The number of H-pyrrole nitrogens is 1. The molecule has 1 aromatic carbocycles. The van der Waals surface area contributed by atoms with Gasteiger partial charge in [0, 0.05) is 5.56 Å². The molecule has 0 aliphatic rings. The monoisotopic (exact) mass is 322 g/mol. The summed E-state index contributed by atoms with van der Waals surface area (Å²) in [5.41, 5.74) is 3.25. The SMILES string of the molecule is COc1ccc(C(C)(C)C)cc1-c1nc(C)[nH]c1Br. The highest BCUT2D eigenvalue weighted by Crippen LogP contribution is 2.36. The molecular weight excluding hydrogens is 304 g/mol. The second kappa shape index (κ2) is 5.00. The molecule has 102 valence electrons. The fraction of sp³-hybridized carbons (Fsp3) is 0.400. The van der Waals surface area contributed by atoms with Crippen molar-refractivity contribution in [2.45, 2.75) is 33.1 Å². The summed E-state index contributed by atoms with van der Waals surface area (Å²) >= 11 is 3.52. The van der Waals surface area contributed by atoms with Crippen molar-refractivity contribution in [2.24, 2.45) is 0 Å². The predicted octanol–water partition coefficient (Wildman–Crippen LogP) is 4.45. The van der Waals surface area contributed by atoms with E-state index >= 15 is 0 Å². The zero-order chi connectivity index (χ0) is 14.2. The minimum Gasteiger partial charge on any atom is -0.496 e. The zero-order valence-corrected chi connectivity index (χ0v) is 13.6. The lowest BCUT2D eigenvalue weighted by molar-refractivity contribution is 0.415. The molecule has 0 bridgehead atoms. The van der Waals surface area contributed by atoms with Gasteiger partial charge in [0.15, 0.2) is 0 Å². The van der Waals surface area contributed by atoms with Gasteiger partial charge < -0.3 is 9.72 Å². The number of rotatable bonds is 2. The number of halogens is 1. The molecule has 0 amide bonds. The van der Waals surface area contributed by atoms with Crippen LogP contribution < -0.4 is 4.74 Å². The molecule has 0 unspecified atom stereocenters. The second-order valence-corrected chi connectivity index (χ2v) is 6.44. The first-order valence-electron chi connectivity index (χ1n) is 6.24. The number of nitrogens with zero attached hydrogens (tertiary/aromatic N) is 1. The molecule has 0 aliphatic carbocycles. The van der Waals surface area contributed by atoms with Gasteiger partial charge in [-0.2, -0.15) is 0 Å². The minimum atomic E-state index is 0.0961. The maximum absolute atomic E-state index is 5.46. The van der Waals surface area contributed by atoms with Crippen LogP contribution in [0.1, 0.15) is 32.2 Å². The summed E-state index contributed by atoms with van der Waals surface area (Å²) < 4.78 is 6.34. The number of methoxy groups -OCH3 is 1. The summed E-state index contributed by atoms with van der Waals surface area (Å²) in [6.07, 6.45) is 0. The molecule has 0 radical (unpaired) electrons. The summed E-state index contributed by atoms with van der Waals surface area (Å²) in [6, 6.07) is 6.27. The molecule has 3 nitrogen and oxygen atoms in total. The summed E-state index contributed by atoms with van der Waals surface area (Å²) in [6.45, 7) is 8.53. The van der Waals surface area contributed by atoms with E-state index in [0.29, 0.717) is 0 Å². The number of aromatic nitrogens is 2. The molecule has 0 atom stereocenters. The van der Waals surface area contributed by atoms with E-state index in [1.54, 1.807) is 7.11 Å². The third-order valence-electron chi connectivity index (χ3n) is 3.10. The summed E-state index contributed by atoms with van der Waals surface area (Å²) in [5, 5.41) is 0. The molecule has 0 aliphatic heterocycles. The van der Waals surface area contributed by atoms with Crippen LogP contribution in [-0.2, 0) is 5.41 Å². The van der Waals surface area contributed by atoms with Gasteiger partial charge in [-0.3, -0.25) is 0 Å². The van der Waals surface area contributed by atoms with Crippen LogP contribution in [0.15, 0.2) is 22.8 Å². The van der Waals surface area contributed by atoms with E-state index < -0.39 is 0 Å². The molecule has 1 aromatic heterocycles. The van der Waals surface area contributed by atoms with Crippen molar-refractivity contribution in [1.82, 2.24) is 9.97 Å². The van der Waals surface area contributed by atoms with Gasteiger partial charge in [-0.05, 0) is 46.0 Å². The van der Waals surface area contributed by atoms with E-state index in [0.717, 1.165) is 27.4 Å². The lowest BCUT2D eigenvalue weighted by atomic mass is 9.86.